The van der Waals surface area contributed by atoms with Crippen molar-refractivity contribution in [1.29, 1.82) is 0 Å². The molecule has 2 unspecified atom stereocenters. The molecule has 1 aromatic rings. The van der Waals surface area contributed by atoms with E-state index in [9.17, 15) is 0 Å². The fourth-order valence-corrected chi connectivity index (χ4v) is 3.23. The summed E-state index contributed by atoms with van der Waals surface area (Å²) in [4.78, 5) is 2.44. The molecule has 0 radical (unpaired) electrons. The number of rotatable bonds is 5. The molecule has 20 heavy (non-hydrogen) atoms. The zero-order chi connectivity index (χ0) is 14.5. The Labute approximate surface area is 124 Å². The van der Waals surface area contributed by atoms with Crippen LogP contribution in [0.1, 0.15) is 50.3 Å². The molecule has 1 saturated heterocycles. The van der Waals surface area contributed by atoms with Crippen molar-refractivity contribution in [2.45, 2.75) is 52.1 Å². The number of nitrogens with one attached hydrogen (secondary N) is 1. The minimum absolute atomic E-state index is 0.491. The Kier molecular flexibility index (Phi) is 5.62. The van der Waals surface area contributed by atoms with Crippen molar-refractivity contribution in [3.63, 3.8) is 0 Å². The lowest BCUT2D eigenvalue weighted by Crippen LogP contribution is -2.41. The molecule has 1 aromatic carbocycles. The van der Waals surface area contributed by atoms with Crippen LogP contribution in [-0.2, 0) is 0 Å². The van der Waals surface area contributed by atoms with Gasteiger partial charge in [-0.3, -0.25) is 0 Å². The van der Waals surface area contributed by atoms with E-state index >= 15 is 0 Å². The van der Waals surface area contributed by atoms with Crippen LogP contribution >= 0.6 is 0 Å². The highest BCUT2D eigenvalue weighted by Gasteiger charge is 2.24. The molecule has 2 heteroatoms. The molecule has 1 N–H and O–H groups in total. The molecule has 2 atom stereocenters. The van der Waals surface area contributed by atoms with Gasteiger partial charge in [-0.25, -0.2) is 0 Å². The molecule has 112 valence electrons. The Hall–Kier alpha value is -0.860. The number of piperidine rings is 1. The van der Waals surface area contributed by atoms with Gasteiger partial charge in [0.2, 0.25) is 0 Å². The zero-order valence-electron chi connectivity index (χ0n) is 13.5. The molecular weight excluding hydrogens is 244 g/mol. The van der Waals surface area contributed by atoms with Crippen LogP contribution in [0.3, 0.4) is 0 Å². The van der Waals surface area contributed by atoms with E-state index in [0.717, 1.165) is 12.3 Å². The van der Waals surface area contributed by atoms with E-state index in [1.165, 1.54) is 37.1 Å². The van der Waals surface area contributed by atoms with Gasteiger partial charge in [0.05, 0.1) is 0 Å². The van der Waals surface area contributed by atoms with Crippen molar-refractivity contribution in [1.82, 2.24) is 10.2 Å². The van der Waals surface area contributed by atoms with Gasteiger partial charge in [0, 0.05) is 12.1 Å². The van der Waals surface area contributed by atoms with Crippen LogP contribution in [0.4, 0.5) is 0 Å². The first-order valence-electron chi connectivity index (χ1n) is 8.11. The fourth-order valence-electron chi connectivity index (χ4n) is 3.23. The van der Waals surface area contributed by atoms with Crippen LogP contribution < -0.4 is 5.32 Å². The molecule has 2 rings (SSSR count). The van der Waals surface area contributed by atoms with Gasteiger partial charge in [0.25, 0.3) is 0 Å². The molecule has 0 aromatic heterocycles. The summed E-state index contributed by atoms with van der Waals surface area (Å²) < 4.78 is 0. The topological polar surface area (TPSA) is 15.3 Å². The first-order chi connectivity index (χ1) is 9.60. The molecule has 1 aliphatic heterocycles. The molecule has 1 heterocycles. The number of likely N-dealkylation sites (tertiary alicyclic amines) is 1. The van der Waals surface area contributed by atoms with E-state index in [2.05, 4.69) is 62.3 Å². The Balaban J connectivity index is 1.93. The maximum absolute atomic E-state index is 3.87. The maximum Gasteiger partial charge on any atom is 0.0320 e. The number of benzene rings is 1. The van der Waals surface area contributed by atoms with Gasteiger partial charge in [-0.2, -0.15) is 0 Å². The van der Waals surface area contributed by atoms with Crippen LogP contribution in [0, 0.1) is 12.8 Å². The summed E-state index contributed by atoms with van der Waals surface area (Å²) >= 11 is 0. The highest BCUT2D eigenvalue weighted by molar-refractivity contribution is 5.24. The average molecular weight is 274 g/mol. The SMILES string of the molecule is CCC(NC(C)C1CCN(C)CC1)c1ccc(C)cc1. The van der Waals surface area contributed by atoms with E-state index in [1.807, 2.05) is 0 Å². The highest BCUT2D eigenvalue weighted by Crippen LogP contribution is 2.24. The molecule has 0 amide bonds. The molecule has 2 nitrogen and oxygen atoms in total. The monoisotopic (exact) mass is 274 g/mol. The van der Waals surface area contributed by atoms with Crippen molar-refractivity contribution in [2.24, 2.45) is 5.92 Å². The van der Waals surface area contributed by atoms with E-state index in [-0.39, 0.29) is 0 Å². The third-order valence-corrected chi connectivity index (χ3v) is 4.82. The second kappa shape index (κ2) is 7.24. The number of aryl methyl sites for hydroxylation is 1. The van der Waals surface area contributed by atoms with Gasteiger partial charge in [-0.05, 0) is 64.7 Å². The molecule has 0 aliphatic carbocycles. The number of nitrogens with zero attached hydrogens (tertiary/aromatic N) is 1. The Morgan fingerprint density at radius 3 is 2.35 bits per heavy atom. The lowest BCUT2D eigenvalue weighted by Gasteiger charge is -2.35. The summed E-state index contributed by atoms with van der Waals surface area (Å²) in [5.74, 6) is 0.825. The van der Waals surface area contributed by atoms with Crippen LogP contribution in [-0.4, -0.2) is 31.1 Å². The molecular formula is C18H30N2. The van der Waals surface area contributed by atoms with E-state index < -0.39 is 0 Å². The van der Waals surface area contributed by atoms with E-state index in [4.69, 9.17) is 0 Å². The zero-order valence-corrected chi connectivity index (χ0v) is 13.5. The van der Waals surface area contributed by atoms with Crippen molar-refractivity contribution in [3.05, 3.63) is 35.4 Å². The Bertz CT molecular complexity index is 390. The summed E-state index contributed by atoms with van der Waals surface area (Å²) in [6.07, 6.45) is 3.81. The van der Waals surface area contributed by atoms with Crippen molar-refractivity contribution >= 4 is 0 Å². The van der Waals surface area contributed by atoms with Crippen molar-refractivity contribution in [3.8, 4) is 0 Å². The Morgan fingerprint density at radius 2 is 1.80 bits per heavy atom. The van der Waals surface area contributed by atoms with Gasteiger partial charge >= 0.3 is 0 Å². The summed E-state index contributed by atoms with van der Waals surface area (Å²) in [5, 5.41) is 3.87. The lowest BCUT2D eigenvalue weighted by atomic mass is 9.89. The number of hydrogen-bond acceptors (Lipinski definition) is 2. The maximum atomic E-state index is 3.87. The van der Waals surface area contributed by atoms with Crippen LogP contribution in [0.15, 0.2) is 24.3 Å². The molecule has 1 fully saturated rings. The quantitative estimate of drug-likeness (QED) is 0.879. The molecule has 0 spiro atoms. The standard InChI is InChI=1S/C18H30N2/c1-5-18(17-8-6-14(2)7-9-17)19-15(3)16-10-12-20(4)13-11-16/h6-9,15-16,18-19H,5,10-13H2,1-4H3. The van der Waals surface area contributed by atoms with Gasteiger partial charge in [-0.15, -0.1) is 0 Å². The predicted octanol–water partition coefficient (Wildman–Crippen LogP) is 3.77. The summed E-state index contributed by atoms with van der Waals surface area (Å²) in [5.41, 5.74) is 2.77. The third kappa shape index (κ3) is 4.07. The second-order valence-electron chi connectivity index (χ2n) is 6.47. The van der Waals surface area contributed by atoms with Crippen molar-refractivity contribution in [2.75, 3.05) is 20.1 Å². The predicted molar refractivity (Wildman–Crippen MR) is 87.0 cm³/mol. The van der Waals surface area contributed by atoms with Crippen LogP contribution in [0.25, 0.3) is 0 Å². The normalized spacial score (nSPS) is 20.8. The first kappa shape index (κ1) is 15.5. The smallest absolute Gasteiger partial charge is 0.0320 e. The van der Waals surface area contributed by atoms with Crippen LogP contribution in [0.5, 0.6) is 0 Å². The van der Waals surface area contributed by atoms with Crippen LogP contribution in [0.2, 0.25) is 0 Å². The molecule has 1 aliphatic rings. The highest BCUT2D eigenvalue weighted by atomic mass is 15.1. The van der Waals surface area contributed by atoms with E-state index in [1.54, 1.807) is 0 Å². The van der Waals surface area contributed by atoms with Gasteiger partial charge in [0.1, 0.15) is 0 Å². The summed E-state index contributed by atoms with van der Waals surface area (Å²) in [6, 6.07) is 10.1. The largest absolute Gasteiger partial charge is 0.307 e. The third-order valence-electron chi connectivity index (χ3n) is 4.82. The lowest BCUT2D eigenvalue weighted by molar-refractivity contribution is 0.183. The second-order valence-corrected chi connectivity index (χ2v) is 6.47. The first-order valence-corrected chi connectivity index (χ1v) is 8.11. The van der Waals surface area contributed by atoms with Gasteiger partial charge < -0.3 is 10.2 Å². The van der Waals surface area contributed by atoms with Gasteiger partial charge in [0.15, 0.2) is 0 Å². The van der Waals surface area contributed by atoms with E-state index in [0.29, 0.717) is 12.1 Å². The van der Waals surface area contributed by atoms with Crippen molar-refractivity contribution < 1.29 is 0 Å². The summed E-state index contributed by atoms with van der Waals surface area (Å²) in [7, 11) is 2.23. The molecule has 0 saturated carbocycles. The minimum Gasteiger partial charge on any atom is -0.307 e. The fraction of sp³-hybridized carbons (Fsp3) is 0.667. The molecule has 0 bridgehead atoms. The number of hydrogen-bond donors (Lipinski definition) is 1. The Morgan fingerprint density at radius 1 is 1.20 bits per heavy atom. The summed E-state index contributed by atoms with van der Waals surface area (Å²) in [6.45, 7) is 9.29. The van der Waals surface area contributed by atoms with Gasteiger partial charge in [-0.1, -0.05) is 36.8 Å². The minimum atomic E-state index is 0.491. The average Bonchev–Trinajstić information content (AvgIpc) is 2.46.